The van der Waals surface area contributed by atoms with Gasteiger partial charge in [-0.3, -0.25) is 0 Å². The van der Waals surface area contributed by atoms with Crippen molar-refractivity contribution in [1.29, 1.82) is 0 Å². The van der Waals surface area contributed by atoms with Crippen molar-refractivity contribution in [2.24, 2.45) is 0 Å². The Morgan fingerprint density at radius 2 is 1.80 bits per heavy atom. The van der Waals surface area contributed by atoms with Crippen molar-refractivity contribution in [1.82, 2.24) is 9.55 Å². The molecule has 30 heavy (non-hydrogen) atoms. The van der Waals surface area contributed by atoms with E-state index in [1.807, 2.05) is 18.2 Å². The largest absolute Gasteiger partial charge is 0.493 e. The van der Waals surface area contributed by atoms with Crippen LogP contribution in [0.5, 0.6) is 5.75 Å². The van der Waals surface area contributed by atoms with Gasteiger partial charge >= 0.3 is 0 Å². The minimum Gasteiger partial charge on any atom is -0.493 e. The molecule has 0 saturated heterocycles. The number of hydrogen-bond donors (Lipinski definition) is 0. The van der Waals surface area contributed by atoms with Crippen LogP contribution < -0.4 is 4.74 Å². The lowest BCUT2D eigenvalue weighted by molar-refractivity contribution is 0.300. The number of fused-ring (bicyclic) bond motifs is 1. The summed E-state index contributed by atoms with van der Waals surface area (Å²) >= 11 is 7.78. The number of imidazole rings is 1. The van der Waals surface area contributed by atoms with Gasteiger partial charge in [0, 0.05) is 16.5 Å². The molecule has 0 radical (unpaired) electrons. The molecule has 0 aliphatic rings. The maximum Gasteiger partial charge on any atom is 0.122 e. The summed E-state index contributed by atoms with van der Waals surface area (Å²) in [6, 6.07) is 22.6. The lowest BCUT2D eigenvalue weighted by atomic mass is 10.1. The summed E-state index contributed by atoms with van der Waals surface area (Å²) in [5, 5.41) is 0.760. The van der Waals surface area contributed by atoms with Gasteiger partial charge in [-0.2, -0.15) is 0 Å². The van der Waals surface area contributed by atoms with Gasteiger partial charge in [0.1, 0.15) is 11.6 Å². The molecular formula is C25H25ClN2OS. The first-order valence-electron chi connectivity index (χ1n) is 10.1. The summed E-state index contributed by atoms with van der Waals surface area (Å²) in [7, 11) is 0. The summed E-state index contributed by atoms with van der Waals surface area (Å²) in [6.45, 7) is 5.75. The van der Waals surface area contributed by atoms with E-state index < -0.39 is 0 Å². The van der Waals surface area contributed by atoms with Gasteiger partial charge in [0.2, 0.25) is 0 Å². The Morgan fingerprint density at radius 3 is 2.60 bits per heavy atom. The zero-order chi connectivity index (χ0) is 20.9. The summed E-state index contributed by atoms with van der Waals surface area (Å²) in [6.07, 6.45) is 0.923. The van der Waals surface area contributed by atoms with Crippen molar-refractivity contribution in [3.63, 3.8) is 0 Å². The molecule has 154 valence electrons. The van der Waals surface area contributed by atoms with Crippen LogP contribution in [0.15, 0.2) is 71.6 Å². The first-order valence-corrected chi connectivity index (χ1v) is 11.5. The van der Waals surface area contributed by atoms with Crippen LogP contribution in [-0.4, -0.2) is 16.2 Å². The Kier molecular flexibility index (Phi) is 6.66. The maximum atomic E-state index is 6.03. The maximum absolute atomic E-state index is 6.03. The normalized spacial score (nSPS) is 11.2. The number of nitrogens with zero attached hydrogens (tertiary/aromatic N) is 2. The molecule has 1 aromatic heterocycles. The van der Waals surface area contributed by atoms with Crippen LogP contribution in [0.1, 0.15) is 23.4 Å². The Labute approximate surface area is 187 Å². The number of halogens is 1. The number of aromatic nitrogens is 2. The van der Waals surface area contributed by atoms with Gasteiger partial charge in [0.15, 0.2) is 0 Å². The summed E-state index contributed by atoms with van der Waals surface area (Å²) in [4.78, 5) is 6.07. The van der Waals surface area contributed by atoms with Crippen molar-refractivity contribution in [2.75, 3.05) is 6.61 Å². The fourth-order valence-corrected chi connectivity index (χ4v) is 4.50. The highest BCUT2D eigenvalue weighted by atomic mass is 35.5. The molecule has 1 heterocycles. The molecule has 0 unspecified atom stereocenters. The molecule has 0 saturated carbocycles. The average molecular weight is 437 g/mol. The molecule has 0 spiro atoms. The van der Waals surface area contributed by atoms with Crippen LogP contribution in [0.25, 0.3) is 11.0 Å². The standard InChI is InChI=1S/C25H25ClN2OS/c1-18-8-13-24(19(2)16-18)29-15-5-14-28-23-7-4-3-6-22(23)27-25(28)17-30-21-11-9-20(26)10-12-21/h3-4,6-13,16H,5,14-15,17H2,1-2H3. The van der Waals surface area contributed by atoms with Gasteiger partial charge < -0.3 is 9.30 Å². The van der Waals surface area contributed by atoms with E-state index in [-0.39, 0.29) is 0 Å². The smallest absolute Gasteiger partial charge is 0.122 e. The van der Waals surface area contributed by atoms with Crippen molar-refractivity contribution in [3.8, 4) is 5.75 Å². The molecule has 3 nitrogen and oxygen atoms in total. The Bertz CT molecular complexity index is 1140. The molecule has 4 rings (SSSR count). The van der Waals surface area contributed by atoms with Gasteiger partial charge in [0.25, 0.3) is 0 Å². The monoisotopic (exact) mass is 436 g/mol. The Morgan fingerprint density at radius 1 is 1.00 bits per heavy atom. The molecule has 0 aliphatic carbocycles. The molecule has 0 bridgehead atoms. The topological polar surface area (TPSA) is 27.1 Å². The molecule has 5 heteroatoms. The van der Waals surface area contributed by atoms with E-state index in [4.69, 9.17) is 21.3 Å². The quantitative estimate of drug-likeness (QED) is 0.218. The fraction of sp³-hybridized carbons (Fsp3) is 0.240. The Balaban J connectivity index is 1.44. The molecular weight excluding hydrogens is 412 g/mol. The van der Waals surface area contributed by atoms with E-state index in [0.29, 0.717) is 6.61 Å². The number of hydrogen-bond acceptors (Lipinski definition) is 3. The third-order valence-electron chi connectivity index (χ3n) is 5.03. The zero-order valence-corrected chi connectivity index (χ0v) is 18.8. The Hall–Kier alpha value is -2.43. The molecule has 3 aromatic carbocycles. The zero-order valence-electron chi connectivity index (χ0n) is 17.3. The second-order valence-corrected chi connectivity index (χ2v) is 8.87. The van der Waals surface area contributed by atoms with Crippen LogP contribution in [0.2, 0.25) is 5.02 Å². The number of ether oxygens (including phenoxy) is 1. The average Bonchev–Trinajstić information content (AvgIpc) is 3.09. The van der Waals surface area contributed by atoms with Crippen molar-refractivity contribution in [3.05, 3.63) is 88.7 Å². The number of benzene rings is 3. The van der Waals surface area contributed by atoms with Gasteiger partial charge in [-0.05, 0) is 68.3 Å². The second kappa shape index (κ2) is 9.59. The predicted molar refractivity (Wildman–Crippen MR) is 127 cm³/mol. The van der Waals surface area contributed by atoms with E-state index in [1.165, 1.54) is 21.5 Å². The first-order chi connectivity index (χ1) is 14.6. The van der Waals surface area contributed by atoms with E-state index in [1.54, 1.807) is 11.8 Å². The van der Waals surface area contributed by atoms with Crippen LogP contribution in [0.4, 0.5) is 0 Å². The molecule has 0 atom stereocenters. The van der Waals surface area contributed by atoms with E-state index in [9.17, 15) is 0 Å². The van der Waals surface area contributed by atoms with Crippen molar-refractivity contribution >= 4 is 34.4 Å². The van der Waals surface area contributed by atoms with E-state index in [0.717, 1.165) is 40.8 Å². The summed E-state index contributed by atoms with van der Waals surface area (Å²) in [5.41, 5.74) is 4.66. The summed E-state index contributed by atoms with van der Waals surface area (Å²) < 4.78 is 8.35. The number of rotatable bonds is 8. The molecule has 0 amide bonds. The van der Waals surface area contributed by atoms with Gasteiger partial charge in [0.05, 0.1) is 23.4 Å². The minimum atomic E-state index is 0.681. The lowest BCUT2D eigenvalue weighted by Gasteiger charge is -2.12. The molecule has 0 N–H and O–H groups in total. The molecule has 4 aromatic rings. The lowest BCUT2D eigenvalue weighted by Crippen LogP contribution is -2.08. The van der Waals surface area contributed by atoms with Crippen LogP contribution in [-0.2, 0) is 12.3 Å². The third kappa shape index (κ3) is 5.00. The number of thioether (sulfide) groups is 1. The first kappa shape index (κ1) is 20.8. The highest BCUT2D eigenvalue weighted by Crippen LogP contribution is 2.26. The minimum absolute atomic E-state index is 0.681. The van der Waals surface area contributed by atoms with Crippen molar-refractivity contribution in [2.45, 2.75) is 37.5 Å². The third-order valence-corrected chi connectivity index (χ3v) is 6.29. The fourth-order valence-electron chi connectivity index (χ4n) is 3.53. The SMILES string of the molecule is Cc1ccc(OCCCn2c(CSc3ccc(Cl)cc3)nc3ccccc32)c(C)c1. The van der Waals surface area contributed by atoms with Crippen LogP contribution in [0, 0.1) is 13.8 Å². The highest BCUT2D eigenvalue weighted by molar-refractivity contribution is 7.98. The highest BCUT2D eigenvalue weighted by Gasteiger charge is 2.11. The summed E-state index contributed by atoms with van der Waals surface area (Å²) in [5.74, 6) is 2.87. The van der Waals surface area contributed by atoms with E-state index >= 15 is 0 Å². The van der Waals surface area contributed by atoms with Gasteiger partial charge in [-0.25, -0.2) is 4.98 Å². The van der Waals surface area contributed by atoms with E-state index in [2.05, 4.69) is 66.9 Å². The predicted octanol–water partition coefficient (Wildman–Crippen LogP) is 7.07. The second-order valence-electron chi connectivity index (χ2n) is 7.38. The van der Waals surface area contributed by atoms with Crippen LogP contribution in [0.3, 0.4) is 0 Å². The van der Waals surface area contributed by atoms with Gasteiger partial charge in [-0.1, -0.05) is 41.4 Å². The molecule has 0 aliphatic heterocycles. The number of para-hydroxylation sites is 2. The van der Waals surface area contributed by atoms with Crippen molar-refractivity contribution < 1.29 is 4.74 Å². The van der Waals surface area contributed by atoms with Gasteiger partial charge in [-0.15, -0.1) is 11.8 Å². The molecule has 0 fully saturated rings. The van der Waals surface area contributed by atoms with Crippen LogP contribution >= 0.6 is 23.4 Å². The number of aryl methyl sites for hydroxylation is 3.